The number of carbonyl (C=O) groups is 2. The molecule has 0 amide bonds. The van der Waals surface area contributed by atoms with Crippen molar-refractivity contribution in [3.8, 4) is 34.4 Å². The summed E-state index contributed by atoms with van der Waals surface area (Å²) >= 11 is 0. The SMILES string of the molecule is [C-]#[N+]C(C#N)=C1c2ccccc2-c2c(C(=O)OCCN3CCN(CCOC(=O)c4cccc5c4-c4ccccc4C5=C(C#N)[N+]#[C-])CC3)cccc21. The van der Waals surface area contributed by atoms with Crippen LogP contribution in [0.5, 0.6) is 0 Å². The highest BCUT2D eigenvalue weighted by atomic mass is 16.5. The van der Waals surface area contributed by atoms with Gasteiger partial charge >= 0.3 is 11.9 Å². The molecule has 4 aromatic rings. The molecule has 2 aliphatic carbocycles. The first-order chi connectivity index (χ1) is 25.5. The molecule has 1 aliphatic heterocycles. The first kappa shape index (κ1) is 33.7. The summed E-state index contributed by atoms with van der Waals surface area (Å²) in [6, 6.07) is 29.5. The maximum atomic E-state index is 13.3. The number of carbonyl (C=O) groups excluding carboxylic acids is 2. The van der Waals surface area contributed by atoms with Crippen LogP contribution in [0.2, 0.25) is 0 Å². The fraction of sp³-hybridized carbons (Fsp3) is 0.190. The Balaban J connectivity index is 0.919. The predicted octanol–water partition coefficient (Wildman–Crippen LogP) is 6.68. The van der Waals surface area contributed by atoms with Gasteiger partial charge in [-0.3, -0.25) is 9.80 Å². The van der Waals surface area contributed by atoms with Crippen molar-refractivity contribution in [1.29, 1.82) is 10.5 Å². The van der Waals surface area contributed by atoms with Gasteiger partial charge in [-0.05, 0) is 45.5 Å². The number of hydrogen-bond donors (Lipinski definition) is 0. The summed E-state index contributed by atoms with van der Waals surface area (Å²) in [7, 11) is 0. The van der Waals surface area contributed by atoms with Crippen molar-refractivity contribution in [3.63, 3.8) is 0 Å². The molecule has 0 N–H and O–H groups in total. The molecule has 0 atom stereocenters. The molecular formula is C42H30N6O4. The number of hydrogen-bond acceptors (Lipinski definition) is 8. The van der Waals surface area contributed by atoms with E-state index in [4.69, 9.17) is 22.6 Å². The average molecular weight is 683 g/mol. The molecule has 0 spiro atoms. The van der Waals surface area contributed by atoms with Gasteiger partial charge in [0.2, 0.25) is 0 Å². The number of nitrogens with zero attached hydrogens (tertiary/aromatic N) is 6. The van der Waals surface area contributed by atoms with Crippen molar-refractivity contribution in [2.75, 3.05) is 52.5 Å². The van der Waals surface area contributed by atoms with Gasteiger partial charge in [0.15, 0.2) is 0 Å². The summed E-state index contributed by atoms with van der Waals surface area (Å²) in [5.41, 5.74) is 7.69. The highest BCUT2D eigenvalue weighted by Crippen LogP contribution is 2.48. The Labute approximate surface area is 301 Å². The fourth-order valence-electron chi connectivity index (χ4n) is 7.28. The zero-order valence-electron chi connectivity index (χ0n) is 28.1. The summed E-state index contributed by atoms with van der Waals surface area (Å²) < 4.78 is 11.5. The first-order valence-electron chi connectivity index (χ1n) is 16.8. The van der Waals surface area contributed by atoms with Crippen LogP contribution in [0.25, 0.3) is 43.1 Å². The predicted molar refractivity (Wildman–Crippen MR) is 194 cm³/mol. The van der Waals surface area contributed by atoms with Crippen LogP contribution in [0.3, 0.4) is 0 Å². The number of fused-ring (bicyclic) bond motifs is 6. The van der Waals surface area contributed by atoms with E-state index in [0.717, 1.165) is 48.4 Å². The summed E-state index contributed by atoms with van der Waals surface area (Å²) in [6.45, 7) is 19.6. The maximum absolute atomic E-state index is 13.3. The summed E-state index contributed by atoms with van der Waals surface area (Å²) in [5.74, 6) is -0.905. The van der Waals surface area contributed by atoms with Crippen LogP contribution in [0.4, 0.5) is 0 Å². The standard InChI is InChI=1S/C42H30N6O4/c1-45-35(25-43)39-29-11-5-3-9-27(29)37-31(39)13-7-15-33(37)41(49)51-23-21-47-17-19-48(20-18-47)22-24-52-42(50)34-16-8-14-32-38(34)28-10-4-6-12-30(28)40(32)36(26-44)46-2/h3-16H,17-24H2. The molecular weight excluding hydrogens is 652 g/mol. The zero-order valence-corrected chi connectivity index (χ0v) is 28.1. The van der Waals surface area contributed by atoms with E-state index in [9.17, 15) is 20.1 Å². The van der Waals surface area contributed by atoms with Gasteiger partial charge in [-0.25, -0.2) is 29.8 Å². The normalized spacial score (nSPS) is 16.1. The molecule has 1 saturated heterocycles. The molecule has 4 aromatic carbocycles. The molecule has 7 rings (SSSR count). The van der Waals surface area contributed by atoms with Crippen LogP contribution >= 0.6 is 0 Å². The second kappa shape index (κ2) is 14.6. The average Bonchev–Trinajstić information content (AvgIpc) is 3.70. The summed E-state index contributed by atoms with van der Waals surface area (Å²) in [6.07, 6.45) is 0. The van der Waals surface area contributed by atoms with Crippen LogP contribution in [0.1, 0.15) is 43.0 Å². The molecule has 10 heteroatoms. The topological polar surface area (TPSA) is 115 Å². The zero-order chi connectivity index (χ0) is 36.2. The van der Waals surface area contributed by atoms with Gasteiger partial charge in [0.05, 0.1) is 36.4 Å². The summed E-state index contributed by atoms with van der Waals surface area (Å²) in [4.78, 5) is 38.0. The van der Waals surface area contributed by atoms with Gasteiger partial charge in [-0.15, -0.1) is 0 Å². The molecule has 252 valence electrons. The Bertz CT molecular complexity index is 2180. The van der Waals surface area contributed by atoms with Crippen molar-refractivity contribution < 1.29 is 19.1 Å². The Hall–Kier alpha value is -6.82. The molecule has 3 aliphatic rings. The monoisotopic (exact) mass is 682 g/mol. The Morgan fingerprint density at radius 3 is 1.31 bits per heavy atom. The van der Waals surface area contributed by atoms with Gasteiger partial charge in [-0.2, -0.15) is 0 Å². The Morgan fingerprint density at radius 2 is 0.942 bits per heavy atom. The lowest BCUT2D eigenvalue weighted by molar-refractivity contribution is 0.0352. The number of piperazine rings is 1. The van der Waals surface area contributed by atoms with E-state index >= 15 is 0 Å². The van der Waals surface area contributed by atoms with Gasteiger partial charge in [0.25, 0.3) is 11.4 Å². The minimum Gasteiger partial charge on any atom is -0.461 e. The third kappa shape index (κ3) is 6.00. The van der Waals surface area contributed by atoms with Crippen molar-refractivity contribution >= 4 is 23.1 Å². The molecule has 0 aromatic heterocycles. The van der Waals surface area contributed by atoms with Crippen molar-refractivity contribution in [2.45, 2.75) is 0 Å². The van der Waals surface area contributed by atoms with Gasteiger partial charge in [0, 0.05) is 61.5 Å². The van der Waals surface area contributed by atoms with E-state index in [1.807, 2.05) is 72.8 Å². The van der Waals surface area contributed by atoms with E-state index in [0.29, 0.717) is 57.6 Å². The van der Waals surface area contributed by atoms with Crippen molar-refractivity contribution in [1.82, 2.24) is 9.80 Å². The Morgan fingerprint density at radius 1 is 0.577 bits per heavy atom. The fourth-order valence-corrected chi connectivity index (χ4v) is 7.28. The smallest absolute Gasteiger partial charge is 0.338 e. The van der Waals surface area contributed by atoms with E-state index in [1.165, 1.54) is 0 Å². The van der Waals surface area contributed by atoms with Crippen molar-refractivity contribution in [3.05, 3.63) is 153 Å². The number of nitriles is 2. The number of rotatable bonds is 8. The molecule has 0 bridgehead atoms. The van der Waals surface area contributed by atoms with E-state index in [-0.39, 0.29) is 24.6 Å². The van der Waals surface area contributed by atoms with Crippen LogP contribution in [-0.2, 0) is 9.47 Å². The largest absolute Gasteiger partial charge is 0.461 e. The minimum absolute atomic E-state index is 0.0136. The molecule has 0 unspecified atom stereocenters. The van der Waals surface area contributed by atoms with Gasteiger partial charge in [-0.1, -0.05) is 72.8 Å². The lowest BCUT2D eigenvalue weighted by Gasteiger charge is -2.34. The summed E-state index contributed by atoms with van der Waals surface area (Å²) in [5, 5.41) is 19.2. The van der Waals surface area contributed by atoms with Gasteiger partial charge < -0.3 is 9.47 Å². The number of ether oxygens (including phenoxy) is 2. The lowest BCUT2D eigenvalue weighted by atomic mass is 9.99. The van der Waals surface area contributed by atoms with Crippen LogP contribution in [0.15, 0.2) is 96.3 Å². The van der Waals surface area contributed by atoms with Crippen LogP contribution < -0.4 is 0 Å². The molecule has 0 saturated carbocycles. The second-order valence-electron chi connectivity index (χ2n) is 12.4. The van der Waals surface area contributed by atoms with E-state index < -0.39 is 11.9 Å². The number of allylic oxidation sites excluding steroid dienone is 2. The maximum Gasteiger partial charge on any atom is 0.338 e. The molecule has 10 nitrogen and oxygen atoms in total. The third-order valence-electron chi connectivity index (χ3n) is 9.69. The van der Waals surface area contributed by atoms with Crippen molar-refractivity contribution in [2.24, 2.45) is 0 Å². The highest BCUT2D eigenvalue weighted by molar-refractivity contribution is 6.11. The van der Waals surface area contributed by atoms with Crippen LogP contribution in [0, 0.1) is 35.8 Å². The molecule has 52 heavy (non-hydrogen) atoms. The molecule has 0 radical (unpaired) electrons. The minimum atomic E-state index is -0.452. The molecule has 1 heterocycles. The van der Waals surface area contributed by atoms with Crippen LogP contribution in [-0.4, -0.2) is 74.2 Å². The lowest BCUT2D eigenvalue weighted by Crippen LogP contribution is -2.48. The van der Waals surface area contributed by atoms with E-state index in [2.05, 4.69) is 19.5 Å². The number of esters is 2. The number of benzene rings is 4. The quantitative estimate of drug-likeness (QED) is 0.0992. The second-order valence-corrected chi connectivity index (χ2v) is 12.4. The van der Waals surface area contributed by atoms with Gasteiger partial charge in [0.1, 0.15) is 13.2 Å². The first-order valence-corrected chi connectivity index (χ1v) is 16.8. The van der Waals surface area contributed by atoms with E-state index in [1.54, 1.807) is 24.3 Å². The Kier molecular flexibility index (Phi) is 9.44. The third-order valence-corrected chi connectivity index (χ3v) is 9.69. The molecule has 1 fully saturated rings. The highest BCUT2D eigenvalue weighted by Gasteiger charge is 2.32.